The number of nitrogens with one attached hydrogen (secondary N) is 2. The first kappa shape index (κ1) is 20.4. The third-order valence-corrected chi connectivity index (χ3v) is 5.93. The summed E-state index contributed by atoms with van der Waals surface area (Å²) in [4.78, 5) is 24.6. The first-order valence-corrected chi connectivity index (χ1v) is 10.8. The van der Waals surface area contributed by atoms with Crippen LogP contribution in [0, 0.1) is 0 Å². The van der Waals surface area contributed by atoms with E-state index in [0.29, 0.717) is 17.9 Å². The van der Waals surface area contributed by atoms with Crippen molar-refractivity contribution >= 4 is 10.9 Å². The van der Waals surface area contributed by atoms with E-state index in [-0.39, 0.29) is 5.56 Å². The second kappa shape index (κ2) is 8.94. The van der Waals surface area contributed by atoms with Gasteiger partial charge in [0.05, 0.1) is 17.0 Å². The fraction of sp³-hybridized carbons (Fsp3) is 0.292. The minimum atomic E-state index is -0.238. The van der Waals surface area contributed by atoms with Crippen molar-refractivity contribution in [2.45, 2.75) is 0 Å². The van der Waals surface area contributed by atoms with Gasteiger partial charge >= 0.3 is 0 Å². The lowest BCUT2D eigenvalue weighted by molar-refractivity contribution is 0.134. The summed E-state index contributed by atoms with van der Waals surface area (Å²) < 4.78 is 6.01. The summed E-state index contributed by atoms with van der Waals surface area (Å²) in [7, 11) is 2.16. The van der Waals surface area contributed by atoms with Gasteiger partial charge in [0.25, 0.3) is 5.56 Å². The predicted octanol–water partition coefficient (Wildman–Crippen LogP) is 2.61. The molecule has 1 aliphatic heterocycles. The van der Waals surface area contributed by atoms with E-state index in [9.17, 15) is 4.79 Å². The minimum Gasteiger partial charge on any atom is -0.492 e. The van der Waals surface area contributed by atoms with E-state index in [1.54, 1.807) is 18.5 Å². The van der Waals surface area contributed by atoms with Gasteiger partial charge in [-0.15, -0.1) is 0 Å². The lowest BCUT2D eigenvalue weighted by atomic mass is 10.1. The van der Waals surface area contributed by atoms with Crippen molar-refractivity contribution in [3.05, 3.63) is 65.2 Å². The maximum Gasteiger partial charge on any atom is 0.273 e. The fourth-order valence-electron chi connectivity index (χ4n) is 3.99. The molecule has 0 saturated carbocycles. The van der Waals surface area contributed by atoms with Crippen LogP contribution in [-0.2, 0) is 0 Å². The van der Waals surface area contributed by atoms with Crippen LogP contribution in [0.2, 0.25) is 0 Å². The SMILES string of the molecule is CN1CCN(CCOc2ccc3[nH]c(-c4cc(-c5ccncc5)n[nH]c4=O)cc3c2)CC1. The van der Waals surface area contributed by atoms with Crippen LogP contribution >= 0.6 is 0 Å². The lowest BCUT2D eigenvalue weighted by Gasteiger charge is -2.32. The van der Waals surface area contributed by atoms with Crippen molar-refractivity contribution < 1.29 is 4.74 Å². The van der Waals surface area contributed by atoms with Crippen molar-refractivity contribution in [1.29, 1.82) is 0 Å². The maximum atomic E-state index is 12.5. The molecule has 1 fully saturated rings. The van der Waals surface area contributed by atoms with Crippen molar-refractivity contribution in [2.75, 3.05) is 46.4 Å². The van der Waals surface area contributed by atoms with Gasteiger partial charge < -0.3 is 14.6 Å². The summed E-state index contributed by atoms with van der Waals surface area (Å²) >= 11 is 0. The number of ether oxygens (including phenoxy) is 1. The predicted molar refractivity (Wildman–Crippen MR) is 125 cm³/mol. The average Bonchev–Trinajstić information content (AvgIpc) is 3.24. The highest BCUT2D eigenvalue weighted by Crippen LogP contribution is 2.27. The Morgan fingerprint density at radius 1 is 1.03 bits per heavy atom. The molecule has 8 heteroatoms. The molecule has 1 saturated heterocycles. The molecule has 4 heterocycles. The zero-order chi connectivity index (χ0) is 21.9. The fourth-order valence-corrected chi connectivity index (χ4v) is 3.99. The molecule has 1 aliphatic rings. The molecule has 2 N–H and O–H groups in total. The summed E-state index contributed by atoms with van der Waals surface area (Å²) in [5, 5.41) is 7.78. The van der Waals surface area contributed by atoms with Crippen LogP contribution in [0.15, 0.2) is 59.7 Å². The molecule has 1 aromatic carbocycles. The van der Waals surface area contributed by atoms with Gasteiger partial charge in [-0.1, -0.05) is 0 Å². The van der Waals surface area contributed by atoms with Gasteiger partial charge in [-0.3, -0.25) is 14.7 Å². The molecule has 164 valence electrons. The summed E-state index contributed by atoms with van der Waals surface area (Å²) in [6.45, 7) is 5.97. The van der Waals surface area contributed by atoms with Crippen LogP contribution in [-0.4, -0.2) is 76.3 Å². The van der Waals surface area contributed by atoms with Crippen LogP contribution in [0.25, 0.3) is 33.4 Å². The van der Waals surface area contributed by atoms with E-state index in [0.717, 1.165) is 60.6 Å². The molecule has 0 unspecified atom stereocenters. The van der Waals surface area contributed by atoms with Gasteiger partial charge in [-0.25, -0.2) is 5.10 Å². The summed E-state index contributed by atoms with van der Waals surface area (Å²) in [5.41, 5.74) is 3.58. The Morgan fingerprint density at radius 3 is 2.66 bits per heavy atom. The third kappa shape index (κ3) is 4.42. The molecule has 32 heavy (non-hydrogen) atoms. The number of aromatic amines is 2. The zero-order valence-corrected chi connectivity index (χ0v) is 18.0. The van der Waals surface area contributed by atoms with Gasteiger partial charge in [0.2, 0.25) is 0 Å². The summed E-state index contributed by atoms with van der Waals surface area (Å²) in [5.74, 6) is 0.832. The second-order valence-corrected chi connectivity index (χ2v) is 8.16. The Morgan fingerprint density at radius 2 is 1.84 bits per heavy atom. The molecular weight excluding hydrogens is 404 g/mol. The highest BCUT2D eigenvalue weighted by Gasteiger charge is 2.14. The lowest BCUT2D eigenvalue weighted by Crippen LogP contribution is -2.45. The summed E-state index contributed by atoms with van der Waals surface area (Å²) in [6, 6.07) is 13.5. The van der Waals surface area contributed by atoms with E-state index in [2.05, 4.69) is 37.0 Å². The van der Waals surface area contributed by atoms with Crippen molar-refractivity contribution in [1.82, 2.24) is 30.0 Å². The van der Waals surface area contributed by atoms with Crippen molar-refractivity contribution in [3.8, 4) is 28.3 Å². The van der Waals surface area contributed by atoms with E-state index < -0.39 is 0 Å². The Balaban J connectivity index is 1.33. The van der Waals surface area contributed by atoms with Crippen molar-refractivity contribution in [2.24, 2.45) is 0 Å². The number of H-pyrrole nitrogens is 2. The molecule has 0 amide bonds. The van der Waals surface area contributed by atoms with Crippen LogP contribution in [0.1, 0.15) is 0 Å². The largest absolute Gasteiger partial charge is 0.492 e. The first-order valence-electron chi connectivity index (χ1n) is 10.8. The monoisotopic (exact) mass is 430 g/mol. The third-order valence-electron chi connectivity index (χ3n) is 5.93. The number of hydrogen-bond acceptors (Lipinski definition) is 6. The number of aromatic nitrogens is 4. The summed E-state index contributed by atoms with van der Waals surface area (Å²) in [6.07, 6.45) is 3.41. The molecule has 5 rings (SSSR count). The number of benzene rings is 1. The van der Waals surface area contributed by atoms with Gasteiger partial charge in [-0.2, -0.15) is 5.10 Å². The Labute approximate surface area is 185 Å². The Hall–Kier alpha value is -3.49. The highest BCUT2D eigenvalue weighted by molar-refractivity contribution is 5.87. The first-order chi connectivity index (χ1) is 15.7. The van der Waals surface area contributed by atoms with Gasteiger partial charge in [-0.05, 0) is 49.5 Å². The highest BCUT2D eigenvalue weighted by atomic mass is 16.5. The molecule has 8 nitrogen and oxygen atoms in total. The van der Waals surface area contributed by atoms with Crippen LogP contribution < -0.4 is 10.3 Å². The Bertz CT molecular complexity index is 1260. The molecule has 3 aromatic heterocycles. The molecule has 4 aromatic rings. The maximum absolute atomic E-state index is 12.5. The van der Waals surface area contributed by atoms with E-state index in [4.69, 9.17) is 4.74 Å². The number of nitrogens with zero attached hydrogens (tertiary/aromatic N) is 4. The number of pyridine rings is 1. The molecule has 0 radical (unpaired) electrons. The second-order valence-electron chi connectivity index (χ2n) is 8.16. The van der Waals surface area contributed by atoms with Gasteiger partial charge in [0.15, 0.2) is 0 Å². The van der Waals surface area contributed by atoms with Gasteiger partial charge in [0.1, 0.15) is 12.4 Å². The molecule has 0 bridgehead atoms. The quantitative estimate of drug-likeness (QED) is 0.489. The number of fused-ring (bicyclic) bond motifs is 1. The number of likely N-dealkylation sites (N-methyl/N-ethyl adjacent to an activating group) is 1. The normalized spacial score (nSPS) is 15.3. The van der Waals surface area contributed by atoms with Crippen LogP contribution in [0.5, 0.6) is 5.75 Å². The number of rotatable bonds is 6. The smallest absolute Gasteiger partial charge is 0.273 e. The van der Waals surface area contributed by atoms with E-state index in [1.165, 1.54) is 0 Å². The molecule has 0 spiro atoms. The van der Waals surface area contributed by atoms with E-state index >= 15 is 0 Å². The molecule has 0 atom stereocenters. The standard InChI is InChI=1S/C24H26N6O2/c1-29-8-10-30(11-9-29)12-13-32-19-2-3-21-18(14-19)15-23(26-21)20-16-22(27-28-24(20)31)17-4-6-25-7-5-17/h2-7,14-16,26H,8-13H2,1H3,(H,28,31). The van der Waals surface area contributed by atoms with Crippen LogP contribution in [0.3, 0.4) is 0 Å². The Kier molecular flexibility index (Phi) is 5.70. The average molecular weight is 431 g/mol. The van der Waals surface area contributed by atoms with Crippen LogP contribution in [0.4, 0.5) is 0 Å². The number of hydrogen-bond donors (Lipinski definition) is 2. The molecular formula is C24H26N6O2. The number of piperazine rings is 1. The topological polar surface area (TPSA) is 90.1 Å². The minimum absolute atomic E-state index is 0.238. The van der Waals surface area contributed by atoms with Crippen molar-refractivity contribution in [3.63, 3.8) is 0 Å². The van der Waals surface area contributed by atoms with E-state index in [1.807, 2.05) is 36.4 Å². The molecule has 0 aliphatic carbocycles. The zero-order valence-electron chi connectivity index (χ0n) is 18.0. The van der Waals surface area contributed by atoms with Gasteiger partial charge in [0, 0.05) is 61.6 Å².